The van der Waals surface area contributed by atoms with Crippen molar-refractivity contribution in [3.63, 3.8) is 0 Å². The third-order valence-electron chi connectivity index (χ3n) is 3.22. The van der Waals surface area contributed by atoms with Crippen LogP contribution in [0.25, 0.3) is 0 Å². The third-order valence-corrected chi connectivity index (χ3v) is 4.35. The Balaban J connectivity index is 2.26. The second-order valence-electron chi connectivity index (χ2n) is 4.57. The van der Waals surface area contributed by atoms with Crippen molar-refractivity contribution in [1.29, 1.82) is 0 Å². The summed E-state index contributed by atoms with van der Waals surface area (Å²) in [5, 5.41) is 2.45. The Bertz CT molecular complexity index is 438. The van der Waals surface area contributed by atoms with Gasteiger partial charge in [0, 0.05) is 28.0 Å². The summed E-state index contributed by atoms with van der Waals surface area (Å²) < 4.78 is 0. The topological polar surface area (TPSA) is 46.2 Å². The van der Waals surface area contributed by atoms with Gasteiger partial charge in [0.15, 0.2) is 0 Å². The lowest BCUT2D eigenvalue weighted by molar-refractivity contribution is -0.137. The summed E-state index contributed by atoms with van der Waals surface area (Å²) in [6.07, 6.45) is 2.25. The van der Waals surface area contributed by atoms with Gasteiger partial charge in [-0.2, -0.15) is 0 Å². The molecule has 1 saturated heterocycles. The molecule has 0 saturated carbocycles. The number of hydrogen-bond donors (Lipinski definition) is 1. The van der Waals surface area contributed by atoms with Crippen molar-refractivity contribution in [2.45, 2.75) is 39.0 Å². The van der Waals surface area contributed by atoms with Crippen LogP contribution in [0.2, 0.25) is 0 Å². The smallest absolute Gasteiger partial charge is 0.230 e. The Kier molecular flexibility index (Phi) is 3.62. The number of nitrogens with one attached hydrogen (secondary N) is 1. The van der Waals surface area contributed by atoms with E-state index in [-0.39, 0.29) is 23.7 Å². The fourth-order valence-electron chi connectivity index (χ4n) is 2.40. The molecule has 92 valence electrons. The number of piperidine rings is 1. The van der Waals surface area contributed by atoms with E-state index in [1.54, 1.807) is 11.3 Å². The normalized spacial score (nSPS) is 24.8. The van der Waals surface area contributed by atoms with Crippen LogP contribution in [0.4, 0.5) is 0 Å². The molecule has 2 amide bonds. The third kappa shape index (κ3) is 2.57. The van der Waals surface area contributed by atoms with Gasteiger partial charge in [-0.05, 0) is 25.5 Å². The maximum absolute atomic E-state index is 11.9. The van der Waals surface area contributed by atoms with Crippen molar-refractivity contribution in [1.82, 2.24) is 5.32 Å². The Morgan fingerprint density at radius 1 is 1.41 bits per heavy atom. The molecule has 0 spiro atoms. The first kappa shape index (κ1) is 12.3. The van der Waals surface area contributed by atoms with Crippen molar-refractivity contribution in [3.8, 4) is 0 Å². The van der Waals surface area contributed by atoms with Crippen LogP contribution in [0, 0.1) is 12.8 Å². The van der Waals surface area contributed by atoms with E-state index in [1.165, 1.54) is 9.75 Å². The molecular formula is C13H17NO2S. The fraction of sp³-hybridized carbons (Fsp3) is 0.538. The van der Waals surface area contributed by atoms with Gasteiger partial charge in [0.1, 0.15) is 0 Å². The molecule has 2 heterocycles. The minimum Gasteiger partial charge on any atom is -0.296 e. The number of imide groups is 1. The van der Waals surface area contributed by atoms with Crippen molar-refractivity contribution < 1.29 is 9.59 Å². The Morgan fingerprint density at radius 3 is 2.76 bits per heavy atom. The van der Waals surface area contributed by atoms with E-state index >= 15 is 0 Å². The predicted octanol–water partition coefficient (Wildman–Crippen LogP) is 2.60. The second-order valence-corrected chi connectivity index (χ2v) is 5.89. The molecule has 0 bridgehead atoms. The Morgan fingerprint density at radius 2 is 2.18 bits per heavy atom. The van der Waals surface area contributed by atoms with Crippen LogP contribution in [0.3, 0.4) is 0 Å². The van der Waals surface area contributed by atoms with Gasteiger partial charge in [-0.25, -0.2) is 0 Å². The van der Waals surface area contributed by atoms with Gasteiger partial charge < -0.3 is 0 Å². The molecular weight excluding hydrogens is 234 g/mol. The highest BCUT2D eigenvalue weighted by atomic mass is 32.1. The van der Waals surface area contributed by atoms with Crippen LogP contribution in [0.5, 0.6) is 0 Å². The number of carbonyl (C=O) groups excluding carboxylic acids is 2. The number of thiophene rings is 1. The maximum atomic E-state index is 11.9. The summed E-state index contributed by atoms with van der Waals surface area (Å²) in [5.74, 6) is -0.205. The molecule has 1 N–H and O–H groups in total. The van der Waals surface area contributed by atoms with E-state index in [1.807, 2.05) is 6.92 Å². The average Bonchev–Trinajstić information content (AvgIpc) is 2.68. The summed E-state index contributed by atoms with van der Waals surface area (Å²) >= 11 is 1.70. The summed E-state index contributed by atoms with van der Waals surface area (Å²) in [7, 11) is 0. The molecule has 0 aliphatic carbocycles. The van der Waals surface area contributed by atoms with Crippen molar-refractivity contribution in [3.05, 3.63) is 21.9 Å². The number of rotatable bonds is 3. The van der Waals surface area contributed by atoms with Crippen LogP contribution < -0.4 is 5.32 Å². The van der Waals surface area contributed by atoms with E-state index in [0.29, 0.717) is 6.42 Å². The zero-order valence-corrected chi connectivity index (χ0v) is 11.0. The number of carbonyl (C=O) groups is 2. The standard InChI is InChI=1S/C13H17NO2S/c1-3-4-9-10(7-12(15)14-13(9)16)11-6-5-8(2)17-11/h5-6,9-10H,3-4,7H2,1-2H3,(H,14,15,16). The first-order valence-electron chi connectivity index (χ1n) is 6.02. The lowest BCUT2D eigenvalue weighted by Gasteiger charge is -2.29. The zero-order valence-electron chi connectivity index (χ0n) is 10.2. The SMILES string of the molecule is CCCC1C(=O)NC(=O)CC1c1ccc(C)s1. The highest BCUT2D eigenvalue weighted by molar-refractivity contribution is 7.12. The maximum Gasteiger partial charge on any atom is 0.230 e. The number of hydrogen-bond acceptors (Lipinski definition) is 3. The zero-order chi connectivity index (χ0) is 12.4. The molecule has 3 nitrogen and oxygen atoms in total. The van der Waals surface area contributed by atoms with Crippen LogP contribution in [0.15, 0.2) is 12.1 Å². The van der Waals surface area contributed by atoms with Crippen LogP contribution in [-0.2, 0) is 9.59 Å². The molecule has 1 aliphatic rings. The van der Waals surface area contributed by atoms with E-state index in [0.717, 1.165) is 12.8 Å². The second kappa shape index (κ2) is 5.00. The quantitative estimate of drug-likeness (QED) is 0.839. The predicted molar refractivity (Wildman–Crippen MR) is 68.0 cm³/mol. The summed E-state index contributed by atoms with van der Waals surface area (Å²) in [6, 6.07) is 4.11. The van der Waals surface area contributed by atoms with E-state index in [4.69, 9.17) is 0 Å². The minimum atomic E-state index is -0.140. The Hall–Kier alpha value is -1.16. The molecule has 2 rings (SSSR count). The highest BCUT2D eigenvalue weighted by Gasteiger charge is 2.36. The van der Waals surface area contributed by atoms with Crippen molar-refractivity contribution in [2.75, 3.05) is 0 Å². The largest absolute Gasteiger partial charge is 0.296 e. The van der Waals surface area contributed by atoms with Gasteiger partial charge in [-0.15, -0.1) is 11.3 Å². The van der Waals surface area contributed by atoms with E-state index < -0.39 is 0 Å². The van der Waals surface area contributed by atoms with Crippen LogP contribution >= 0.6 is 11.3 Å². The number of aryl methyl sites for hydroxylation is 1. The van der Waals surface area contributed by atoms with E-state index in [9.17, 15) is 9.59 Å². The molecule has 2 atom stereocenters. The molecule has 1 aliphatic heterocycles. The molecule has 17 heavy (non-hydrogen) atoms. The first-order chi connectivity index (χ1) is 8.11. The van der Waals surface area contributed by atoms with Crippen LogP contribution in [-0.4, -0.2) is 11.8 Å². The van der Waals surface area contributed by atoms with Gasteiger partial charge in [-0.3, -0.25) is 14.9 Å². The van der Waals surface area contributed by atoms with Gasteiger partial charge in [0.05, 0.1) is 0 Å². The molecule has 1 aromatic rings. The van der Waals surface area contributed by atoms with Gasteiger partial charge in [-0.1, -0.05) is 13.3 Å². The highest BCUT2D eigenvalue weighted by Crippen LogP contribution is 2.37. The molecule has 1 aromatic heterocycles. The summed E-state index contributed by atoms with van der Waals surface area (Å²) in [4.78, 5) is 25.7. The molecule has 4 heteroatoms. The monoisotopic (exact) mass is 251 g/mol. The lowest BCUT2D eigenvalue weighted by Crippen LogP contribution is -2.44. The molecule has 0 aromatic carbocycles. The molecule has 0 radical (unpaired) electrons. The van der Waals surface area contributed by atoms with Gasteiger partial charge >= 0.3 is 0 Å². The number of amides is 2. The van der Waals surface area contributed by atoms with E-state index in [2.05, 4.69) is 24.4 Å². The van der Waals surface area contributed by atoms with Crippen molar-refractivity contribution in [2.24, 2.45) is 5.92 Å². The lowest BCUT2D eigenvalue weighted by atomic mass is 9.81. The van der Waals surface area contributed by atoms with Gasteiger partial charge in [0.2, 0.25) is 11.8 Å². The first-order valence-corrected chi connectivity index (χ1v) is 6.83. The van der Waals surface area contributed by atoms with Crippen molar-refractivity contribution >= 4 is 23.2 Å². The Labute approximate surface area is 105 Å². The van der Waals surface area contributed by atoms with Gasteiger partial charge in [0.25, 0.3) is 0 Å². The van der Waals surface area contributed by atoms with Crippen LogP contribution in [0.1, 0.15) is 41.9 Å². The minimum absolute atomic E-state index is 0.0456. The molecule has 1 fully saturated rings. The summed E-state index contributed by atoms with van der Waals surface area (Å²) in [5.41, 5.74) is 0. The summed E-state index contributed by atoms with van der Waals surface area (Å²) in [6.45, 7) is 4.12. The average molecular weight is 251 g/mol. The molecule has 2 unspecified atom stereocenters. The fourth-order valence-corrected chi connectivity index (χ4v) is 3.44.